The number of hydrogen-bond donors (Lipinski definition) is 0. The van der Waals surface area contributed by atoms with Crippen LogP contribution in [0.15, 0.2) is 24.3 Å². The predicted molar refractivity (Wildman–Crippen MR) is 52.9 cm³/mol. The summed E-state index contributed by atoms with van der Waals surface area (Å²) in [4.78, 5) is 0. The lowest BCUT2D eigenvalue weighted by Crippen LogP contribution is -2.13. The summed E-state index contributed by atoms with van der Waals surface area (Å²) < 4.78 is 23.4. The molecule has 0 spiro atoms. The maximum Gasteiger partial charge on any atom is 0.126 e. The van der Waals surface area contributed by atoms with Gasteiger partial charge in [0, 0.05) is 20.1 Å². The summed E-state index contributed by atoms with van der Waals surface area (Å²) >= 11 is 0. The Morgan fingerprint density at radius 1 is 1.14 bits per heavy atom. The number of benzene rings is 1. The number of halogens is 1. The summed E-state index contributed by atoms with van der Waals surface area (Å²) in [6.07, 6.45) is 0. The highest BCUT2D eigenvalue weighted by atomic mass is 19.1. The molecule has 1 aromatic rings. The molecule has 1 aromatic carbocycles. The molecule has 0 fully saturated rings. The van der Waals surface area contributed by atoms with E-state index in [0.717, 1.165) is 0 Å². The predicted octanol–water partition coefficient (Wildman–Crippen LogP) is 2.20. The number of ether oxygens (including phenoxy) is 2. The van der Waals surface area contributed by atoms with Gasteiger partial charge in [0.1, 0.15) is 5.82 Å². The van der Waals surface area contributed by atoms with Crippen molar-refractivity contribution in [1.82, 2.24) is 0 Å². The van der Waals surface area contributed by atoms with Gasteiger partial charge in [0.15, 0.2) is 0 Å². The van der Waals surface area contributed by atoms with Crippen molar-refractivity contribution in [3.8, 4) is 0 Å². The van der Waals surface area contributed by atoms with E-state index in [1.165, 1.54) is 6.07 Å². The molecule has 0 bridgehead atoms. The number of hydrogen-bond acceptors (Lipinski definition) is 2. The van der Waals surface area contributed by atoms with Crippen molar-refractivity contribution in [2.75, 3.05) is 27.4 Å². The van der Waals surface area contributed by atoms with Gasteiger partial charge in [-0.2, -0.15) is 0 Å². The van der Waals surface area contributed by atoms with Crippen LogP contribution in [0.1, 0.15) is 11.5 Å². The van der Waals surface area contributed by atoms with Crippen LogP contribution < -0.4 is 0 Å². The molecule has 0 aliphatic heterocycles. The van der Waals surface area contributed by atoms with Gasteiger partial charge in [0.2, 0.25) is 0 Å². The lowest BCUT2D eigenvalue weighted by Gasteiger charge is -2.15. The molecule has 2 nitrogen and oxygen atoms in total. The smallest absolute Gasteiger partial charge is 0.126 e. The Morgan fingerprint density at radius 2 is 1.71 bits per heavy atom. The van der Waals surface area contributed by atoms with Gasteiger partial charge in [-0.1, -0.05) is 18.2 Å². The molecule has 3 heteroatoms. The number of methoxy groups -OCH3 is 2. The molecule has 78 valence electrons. The van der Waals surface area contributed by atoms with E-state index < -0.39 is 0 Å². The largest absolute Gasteiger partial charge is 0.384 e. The van der Waals surface area contributed by atoms with Crippen molar-refractivity contribution in [2.45, 2.75) is 5.92 Å². The lowest BCUT2D eigenvalue weighted by atomic mass is 10.0. The molecule has 0 saturated carbocycles. The minimum atomic E-state index is -0.202. The Morgan fingerprint density at radius 3 is 2.21 bits per heavy atom. The van der Waals surface area contributed by atoms with E-state index in [0.29, 0.717) is 18.8 Å². The zero-order chi connectivity index (χ0) is 10.4. The van der Waals surface area contributed by atoms with Gasteiger partial charge in [-0.25, -0.2) is 4.39 Å². The third-order valence-corrected chi connectivity index (χ3v) is 2.08. The minimum Gasteiger partial charge on any atom is -0.384 e. The summed E-state index contributed by atoms with van der Waals surface area (Å²) in [7, 11) is 3.20. The van der Waals surface area contributed by atoms with Crippen molar-refractivity contribution in [1.29, 1.82) is 0 Å². The fraction of sp³-hybridized carbons (Fsp3) is 0.455. The second-order valence-corrected chi connectivity index (χ2v) is 3.13. The van der Waals surface area contributed by atoms with Crippen molar-refractivity contribution in [3.05, 3.63) is 35.6 Å². The summed E-state index contributed by atoms with van der Waals surface area (Å²) in [6, 6.07) is 6.71. The molecule has 14 heavy (non-hydrogen) atoms. The monoisotopic (exact) mass is 198 g/mol. The third kappa shape index (κ3) is 2.79. The van der Waals surface area contributed by atoms with Crippen LogP contribution in [0.3, 0.4) is 0 Å². The average Bonchev–Trinajstić information content (AvgIpc) is 2.18. The molecule has 0 saturated heterocycles. The van der Waals surface area contributed by atoms with E-state index >= 15 is 0 Å². The molecular weight excluding hydrogens is 183 g/mol. The van der Waals surface area contributed by atoms with Crippen molar-refractivity contribution in [3.63, 3.8) is 0 Å². The topological polar surface area (TPSA) is 18.5 Å². The van der Waals surface area contributed by atoms with Crippen LogP contribution in [0.5, 0.6) is 0 Å². The van der Waals surface area contributed by atoms with Gasteiger partial charge in [0.25, 0.3) is 0 Å². The first-order valence-corrected chi connectivity index (χ1v) is 4.52. The maximum atomic E-state index is 13.4. The second kappa shape index (κ2) is 5.73. The maximum absolute atomic E-state index is 13.4. The first kappa shape index (κ1) is 11.1. The minimum absolute atomic E-state index is 0.0359. The van der Waals surface area contributed by atoms with Gasteiger partial charge in [-0.05, 0) is 11.6 Å². The summed E-state index contributed by atoms with van der Waals surface area (Å²) in [5.74, 6) is -0.238. The molecule has 0 aliphatic rings. The third-order valence-electron chi connectivity index (χ3n) is 2.08. The first-order chi connectivity index (χ1) is 6.79. The van der Waals surface area contributed by atoms with Crippen LogP contribution >= 0.6 is 0 Å². The summed E-state index contributed by atoms with van der Waals surface area (Å²) in [5.41, 5.74) is 0.649. The van der Waals surface area contributed by atoms with E-state index in [9.17, 15) is 4.39 Å². The van der Waals surface area contributed by atoms with E-state index in [2.05, 4.69) is 0 Å². The van der Waals surface area contributed by atoms with Crippen molar-refractivity contribution < 1.29 is 13.9 Å². The molecule has 0 radical (unpaired) electrons. The van der Waals surface area contributed by atoms with Crippen molar-refractivity contribution in [2.24, 2.45) is 0 Å². The van der Waals surface area contributed by atoms with Gasteiger partial charge in [0.05, 0.1) is 13.2 Å². The zero-order valence-corrected chi connectivity index (χ0v) is 8.50. The molecule has 0 unspecified atom stereocenters. The van der Waals surface area contributed by atoms with Crippen LogP contribution in [0.25, 0.3) is 0 Å². The van der Waals surface area contributed by atoms with Gasteiger partial charge in [-0.3, -0.25) is 0 Å². The van der Waals surface area contributed by atoms with Gasteiger partial charge in [-0.15, -0.1) is 0 Å². The van der Waals surface area contributed by atoms with E-state index in [4.69, 9.17) is 9.47 Å². The van der Waals surface area contributed by atoms with E-state index in [1.807, 2.05) is 6.07 Å². The Balaban J connectivity index is 2.81. The molecule has 1 rings (SSSR count). The number of rotatable bonds is 5. The van der Waals surface area contributed by atoms with Crippen LogP contribution in [0.4, 0.5) is 4.39 Å². The fourth-order valence-corrected chi connectivity index (χ4v) is 1.44. The highest BCUT2D eigenvalue weighted by molar-refractivity contribution is 5.21. The molecule has 0 aliphatic carbocycles. The van der Waals surface area contributed by atoms with Crippen LogP contribution in [0, 0.1) is 5.82 Å². The molecular formula is C11H15FO2. The average molecular weight is 198 g/mol. The molecule has 0 atom stereocenters. The Labute approximate surface area is 83.6 Å². The van der Waals surface area contributed by atoms with E-state index in [-0.39, 0.29) is 11.7 Å². The molecule has 0 aromatic heterocycles. The first-order valence-electron chi connectivity index (χ1n) is 4.52. The quantitative estimate of drug-likeness (QED) is 0.722. The van der Waals surface area contributed by atoms with Gasteiger partial charge < -0.3 is 9.47 Å². The highest BCUT2D eigenvalue weighted by Crippen LogP contribution is 2.19. The lowest BCUT2D eigenvalue weighted by molar-refractivity contribution is 0.115. The highest BCUT2D eigenvalue weighted by Gasteiger charge is 2.14. The fourth-order valence-electron chi connectivity index (χ4n) is 1.44. The van der Waals surface area contributed by atoms with Crippen LogP contribution in [-0.2, 0) is 9.47 Å². The van der Waals surface area contributed by atoms with Gasteiger partial charge >= 0.3 is 0 Å². The Hall–Kier alpha value is -0.930. The van der Waals surface area contributed by atoms with Crippen molar-refractivity contribution >= 4 is 0 Å². The SMILES string of the molecule is COCC(COC)c1ccccc1F. The standard InChI is InChI=1S/C11H15FO2/c1-13-7-9(8-14-2)10-5-3-4-6-11(10)12/h3-6,9H,7-8H2,1-2H3. The summed E-state index contributed by atoms with van der Waals surface area (Å²) in [6.45, 7) is 0.934. The van der Waals surface area contributed by atoms with Crippen LogP contribution in [-0.4, -0.2) is 27.4 Å². The second-order valence-electron chi connectivity index (χ2n) is 3.13. The molecule has 0 N–H and O–H groups in total. The Bertz CT molecular complexity index is 270. The zero-order valence-electron chi connectivity index (χ0n) is 8.50. The summed E-state index contributed by atoms with van der Waals surface area (Å²) in [5, 5.41) is 0. The normalized spacial score (nSPS) is 10.9. The van der Waals surface area contributed by atoms with Crippen LogP contribution in [0.2, 0.25) is 0 Å². The van der Waals surface area contributed by atoms with E-state index in [1.54, 1.807) is 26.4 Å². The molecule has 0 heterocycles. The molecule has 0 amide bonds. The Kier molecular flexibility index (Phi) is 4.56.